The molecule has 0 unspecified atom stereocenters. The summed E-state index contributed by atoms with van der Waals surface area (Å²) in [5.74, 6) is -0.814. The standard InChI is InChI=1S/C16H10F6O2/c17-15(18,19)10-6-7-12(13(8-10)16(20,21)22)14(23)9-24-11-4-2-1-3-5-11/h1-8H,9H2. The normalized spacial score (nSPS) is 12.1. The zero-order valence-electron chi connectivity index (χ0n) is 11.9. The molecule has 0 aliphatic carbocycles. The Morgan fingerprint density at radius 1 is 0.875 bits per heavy atom. The van der Waals surface area contributed by atoms with Crippen molar-refractivity contribution in [3.63, 3.8) is 0 Å². The summed E-state index contributed by atoms with van der Waals surface area (Å²) >= 11 is 0. The molecule has 0 radical (unpaired) electrons. The topological polar surface area (TPSA) is 26.3 Å². The maximum Gasteiger partial charge on any atom is 0.417 e. The summed E-state index contributed by atoms with van der Waals surface area (Å²) in [6.07, 6.45) is -10.0. The van der Waals surface area contributed by atoms with E-state index in [0.29, 0.717) is 12.1 Å². The Hall–Kier alpha value is -2.51. The molecule has 8 heteroatoms. The molecule has 0 aromatic heterocycles. The van der Waals surface area contributed by atoms with Crippen LogP contribution in [-0.4, -0.2) is 12.4 Å². The molecule has 24 heavy (non-hydrogen) atoms. The van der Waals surface area contributed by atoms with E-state index in [1.54, 1.807) is 18.2 Å². The Kier molecular flexibility index (Phi) is 4.86. The predicted octanol–water partition coefficient (Wildman–Crippen LogP) is 4.99. The van der Waals surface area contributed by atoms with Crippen LogP contribution in [0.1, 0.15) is 21.5 Å². The Morgan fingerprint density at radius 2 is 1.50 bits per heavy atom. The number of hydrogen-bond donors (Lipinski definition) is 0. The summed E-state index contributed by atoms with van der Waals surface area (Å²) in [4.78, 5) is 11.9. The highest BCUT2D eigenvalue weighted by Crippen LogP contribution is 2.37. The van der Waals surface area contributed by atoms with Crippen molar-refractivity contribution >= 4 is 5.78 Å². The fourth-order valence-electron chi connectivity index (χ4n) is 1.94. The number of benzene rings is 2. The first kappa shape index (κ1) is 17.8. The van der Waals surface area contributed by atoms with E-state index < -0.39 is 41.4 Å². The van der Waals surface area contributed by atoms with Crippen molar-refractivity contribution in [1.82, 2.24) is 0 Å². The lowest BCUT2D eigenvalue weighted by molar-refractivity contribution is -0.143. The first-order valence-electron chi connectivity index (χ1n) is 6.58. The third-order valence-corrected chi connectivity index (χ3v) is 3.07. The largest absolute Gasteiger partial charge is 0.485 e. The summed E-state index contributed by atoms with van der Waals surface area (Å²) in [7, 11) is 0. The Bertz CT molecular complexity index is 720. The molecule has 128 valence electrons. The van der Waals surface area contributed by atoms with Crippen molar-refractivity contribution in [3.8, 4) is 5.75 Å². The quantitative estimate of drug-likeness (QED) is 0.575. The second-order valence-corrected chi connectivity index (χ2v) is 4.78. The molecule has 0 saturated carbocycles. The van der Waals surface area contributed by atoms with Crippen LogP contribution in [0.5, 0.6) is 5.75 Å². The molecule has 0 atom stereocenters. The number of carbonyl (C=O) groups excluding carboxylic acids is 1. The van der Waals surface area contributed by atoms with Gasteiger partial charge in [-0.3, -0.25) is 4.79 Å². The van der Waals surface area contributed by atoms with Crippen LogP contribution in [0.15, 0.2) is 48.5 Å². The van der Waals surface area contributed by atoms with Gasteiger partial charge in [-0.25, -0.2) is 0 Å². The van der Waals surface area contributed by atoms with E-state index >= 15 is 0 Å². The number of hydrogen-bond acceptors (Lipinski definition) is 2. The zero-order valence-corrected chi connectivity index (χ0v) is 11.9. The Morgan fingerprint density at radius 3 is 2.04 bits per heavy atom. The Balaban J connectivity index is 2.30. The molecular weight excluding hydrogens is 338 g/mol. The van der Waals surface area contributed by atoms with Gasteiger partial charge in [0.05, 0.1) is 11.1 Å². The van der Waals surface area contributed by atoms with Gasteiger partial charge >= 0.3 is 12.4 Å². The number of ketones is 1. The lowest BCUT2D eigenvalue weighted by Gasteiger charge is -2.15. The van der Waals surface area contributed by atoms with Gasteiger partial charge in [0.25, 0.3) is 0 Å². The second kappa shape index (κ2) is 6.54. The van der Waals surface area contributed by atoms with Gasteiger partial charge in [0.2, 0.25) is 5.78 Å². The molecule has 0 bridgehead atoms. The van der Waals surface area contributed by atoms with Crippen LogP contribution >= 0.6 is 0 Å². The van der Waals surface area contributed by atoms with Crippen molar-refractivity contribution < 1.29 is 35.9 Å². The first-order valence-corrected chi connectivity index (χ1v) is 6.58. The Labute approximate surface area is 132 Å². The molecule has 0 spiro atoms. The minimum absolute atomic E-state index is 0.0737. The molecule has 2 aromatic rings. The number of carbonyl (C=O) groups is 1. The van der Waals surface area contributed by atoms with Crippen LogP contribution in [-0.2, 0) is 12.4 Å². The highest BCUT2D eigenvalue weighted by Gasteiger charge is 2.39. The molecule has 0 N–H and O–H groups in total. The van der Waals surface area contributed by atoms with Crippen molar-refractivity contribution in [2.75, 3.05) is 6.61 Å². The summed E-state index contributed by atoms with van der Waals surface area (Å²) < 4.78 is 81.7. The van der Waals surface area contributed by atoms with Gasteiger partial charge in [-0.1, -0.05) is 24.3 Å². The molecule has 2 nitrogen and oxygen atoms in total. The van der Waals surface area contributed by atoms with Crippen molar-refractivity contribution in [2.24, 2.45) is 0 Å². The predicted molar refractivity (Wildman–Crippen MR) is 72.7 cm³/mol. The first-order chi connectivity index (χ1) is 11.1. The van der Waals surface area contributed by atoms with E-state index in [1.165, 1.54) is 12.1 Å². The third-order valence-electron chi connectivity index (χ3n) is 3.07. The summed E-state index contributed by atoms with van der Waals surface area (Å²) in [5.41, 5.74) is -3.99. The number of para-hydroxylation sites is 1. The minimum Gasteiger partial charge on any atom is -0.485 e. The van der Waals surface area contributed by atoms with Gasteiger partial charge in [-0.05, 0) is 24.3 Å². The number of halogens is 6. The molecule has 0 amide bonds. The third kappa shape index (κ3) is 4.27. The molecule has 0 aliphatic rings. The van der Waals surface area contributed by atoms with E-state index in [2.05, 4.69) is 0 Å². The highest BCUT2D eigenvalue weighted by atomic mass is 19.4. The van der Waals surface area contributed by atoms with Gasteiger partial charge in [0, 0.05) is 5.56 Å². The summed E-state index contributed by atoms with van der Waals surface area (Å²) in [6, 6.07) is 8.73. The van der Waals surface area contributed by atoms with Crippen molar-refractivity contribution in [1.29, 1.82) is 0 Å². The highest BCUT2D eigenvalue weighted by molar-refractivity contribution is 5.98. The molecule has 0 aliphatic heterocycles. The van der Waals surface area contributed by atoms with Crippen LogP contribution in [0.2, 0.25) is 0 Å². The molecule has 0 fully saturated rings. The zero-order chi connectivity index (χ0) is 18.0. The van der Waals surface area contributed by atoms with Gasteiger partial charge < -0.3 is 4.74 Å². The van der Waals surface area contributed by atoms with Gasteiger partial charge in [-0.15, -0.1) is 0 Å². The summed E-state index contributed by atoms with van der Waals surface area (Å²) in [6.45, 7) is -0.724. The van der Waals surface area contributed by atoms with Crippen LogP contribution in [0.25, 0.3) is 0 Å². The second-order valence-electron chi connectivity index (χ2n) is 4.78. The molecule has 0 saturated heterocycles. The SMILES string of the molecule is O=C(COc1ccccc1)c1ccc(C(F)(F)F)cc1C(F)(F)F. The van der Waals surface area contributed by atoms with Crippen molar-refractivity contribution in [2.45, 2.75) is 12.4 Å². The van der Waals surface area contributed by atoms with E-state index in [4.69, 9.17) is 4.74 Å². The maximum atomic E-state index is 13.0. The van der Waals surface area contributed by atoms with Gasteiger partial charge in [0.1, 0.15) is 5.75 Å². The van der Waals surface area contributed by atoms with Crippen molar-refractivity contribution in [3.05, 3.63) is 65.2 Å². The lowest BCUT2D eigenvalue weighted by Crippen LogP contribution is -2.19. The molecule has 2 rings (SSSR count). The number of rotatable bonds is 4. The van der Waals surface area contributed by atoms with Crippen LogP contribution < -0.4 is 4.74 Å². The number of Topliss-reactive ketones (excluding diaryl/α,β-unsaturated/α-hetero) is 1. The smallest absolute Gasteiger partial charge is 0.417 e. The monoisotopic (exact) mass is 348 g/mol. The molecule has 0 heterocycles. The average Bonchev–Trinajstić information content (AvgIpc) is 2.51. The van der Waals surface area contributed by atoms with Gasteiger partial charge in [-0.2, -0.15) is 26.3 Å². The van der Waals surface area contributed by atoms with E-state index in [-0.39, 0.29) is 11.8 Å². The maximum absolute atomic E-state index is 13.0. The average molecular weight is 348 g/mol. The van der Waals surface area contributed by atoms with E-state index in [9.17, 15) is 31.1 Å². The lowest BCUT2D eigenvalue weighted by atomic mass is 10.00. The fraction of sp³-hybridized carbons (Fsp3) is 0.188. The molecular formula is C16H10F6O2. The minimum atomic E-state index is -5.10. The summed E-state index contributed by atoms with van der Waals surface area (Å²) in [5, 5.41) is 0. The number of alkyl halides is 6. The van der Waals surface area contributed by atoms with Crippen LogP contribution in [0.3, 0.4) is 0 Å². The van der Waals surface area contributed by atoms with E-state index in [0.717, 1.165) is 0 Å². The van der Waals surface area contributed by atoms with Crippen LogP contribution in [0.4, 0.5) is 26.3 Å². The number of ether oxygens (including phenoxy) is 1. The fourth-order valence-corrected chi connectivity index (χ4v) is 1.94. The van der Waals surface area contributed by atoms with Gasteiger partial charge in [0.15, 0.2) is 6.61 Å². The molecule has 2 aromatic carbocycles. The van der Waals surface area contributed by atoms with Crippen LogP contribution in [0, 0.1) is 0 Å². The van der Waals surface area contributed by atoms with E-state index in [1.807, 2.05) is 0 Å².